The van der Waals surface area contributed by atoms with E-state index in [9.17, 15) is 9.59 Å². The van der Waals surface area contributed by atoms with Crippen LogP contribution in [-0.2, 0) is 11.2 Å². The molecule has 0 atom stereocenters. The number of nitrogens with zero attached hydrogens (tertiary/aromatic N) is 3. The van der Waals surface area contributed by atoms with Crippen LogP contribution in [0.15, 0.2) is 43.1 Å². The Morgan fingerprint density at radius 2 is 1.81 bits per heavy atom. The predicted molar refractivity (Wildman–Crippen MR) is 75.3 cm³/mol. The van der Waals surface area contributed by atoms with Gasteiger partial charge in [-0.05, 0) is 24.1 Å². The molecule has 0 bridgehead atoms. The highest BCUT2D eigenvalue weighted by atomic mass is 16.2. The molecular weight excluding hydrogens is 270 g/mol. The van der Waals surface area contributed by atoms with Gasteiger partial charge in [0.1, 0.15) is 5.69 Å². The van der Waals surface area contributed by atoms with Crippen molar-refractivity contribution in [3.05, 3.63) is 54.4 Å². The second kappa shape index (κ2) is 7.68. The first-order valence-electron chi connectivity index (χ1n) is 6.45. The molecule has 7 nitrogen and oxygen atoms in total. The van der Waals surface area contributed by atoms with Crippen molar-refractivity contribution in [1.82, 2.24) is 25.6 Å². The molecule has 0 aromatic carbocycles. The van der Waals surface area contributed by atoms with Crippen LogP contribution >= 0.6 is 0 Å². The Kier molecular flexibility index (Phi) is 5.33. The molecule has 2 aromatic rings. The van der Waals surface area contributed by atoms with Gasteiger partial charge in [0.2, 0.25) is 5.91 Å². The zero-order chi connectivity index (χ0) is 14.9. The highest BCUT2D eigenvalue weighted by molar-refractivity contribution is 5.94. The number of carbonyl (C=O) groups is 2. The number of hydrogen-bond acceptors (Lipinski definition) is 5. The summed E-state index contributed by atoms with van der Waals surface area (Å²) < 4.78 is 0. The largest absolute Gasteiger partial charge is 0.354 e. The van der Waals surface area contributed by atoms with E-state index in [1.54, 1.807) is 12.4 Å². The molecule has 7 heteroatoms. The minimum absolute atomic E-state index is 0.0915. The molecule has 0 saturated carbocycles. The quantitative estimate of drug-likeness (QED) is 0.776. The Labute approximate surface area is 121 Å². The minimum atomic E-state index is -0.424. The summed E-state index contributed by atoms with van der Waals surface area (Å²) in [6.07, 6.45) is 8.37. The topological polar surface area (TPSA) is 96.9 Å². The molecule has 2 aromatic heterocycles. The van der Waals surface area contributed by atoms with E-state index in [-0.39, 0.29) is 18.1 Å². The van der Waals surface area contributed by atoms with E-state index in [0.717, 1.165) is 5.56 Å². The molecule has 0 spiro atoms. The van der Waals surface area contributed by atoms with Crippen LogP contribution in [0.1, 0.15) is 16.1 Å². The number of amides is 2. The van der Waals surface area contributed by atoms with Crippen molar-refractivity contribution in [3.8, 4) is 0 Å². The molecule has 0 aliphatic heterocycles. The van der Waals surface area contributed by atoms with Crippen LogP contribution in [0.2, 0.25) is 0 Å². The van der Waals surface area contributed by atoms with E-state index in [2.05, 4.69) is 25.6 Å². The first-order valence-corrected chi connectivity index (χ1v) is 6.45. The van der Waals surface area contributed by atoms with Crippen LogP contribution in [0.3, 0.4) is 0 Å². The summed E-state index contributed by atoms with van der Waals surface area (Å²) in [6.45, 7) is 0.412. The number of rotatable bonds is 6. The van der Waals surface area contributed by atoms with E-state index < -0.39 is 5.91 Å². The highest BCUT2D eigenvalue weighted by Gasteiger charge is 2.08. The summed E-state index contributed by atoms with van der Waals surface area (Å²) in [7, 11) is 0. The lowest BCUT2D eigenvalue weighted by molar-refractivity contribution is -0.120. The smallest absolute Gasteiger partial charge is 0.271 e. The Hall–Kier alpha value is -2.83. The first kappa shape index (κ1) is 14.6. The molecule has 0 saturated heterocycles. The lowest BCUT2D eigenvalue weighted by Crippen LogP contribution is -2.38. The first-order chi connectivity index (χ1) is 10.3. The third-order valence-electron chi connectivity index (χ3n) is 2.69. The van der Waals surface area contributed by atoms with Gasteiger partial charge in [-0.1, -0.05) is 0 Å². The number of aromatic nitrogens is 3. The van der Waals surface area contributed by atoms with E-state index >= 15 is 0 Å². The van der Waals surface area contributed by atoms with Gasteiger partial charge < -0.3 is 10.6 Å². The Morgan fingerprint density at radius 1 is 1.00 bits per heavy atom. The number of nitrogens with one attached hydrogen (secondary N) is 2. The molecule has 2 N–H and O–H groups in total. The summed E-state index contributed by atoms with van der Waals surface area (Å²) >= 11 is 0. The van der Waals surface area contributed by atoms with Gasteiger partial charge >= 0.3 is 0 Å². The molecule has 0 aliphatic carbocycles. The van der Waals surface area contributed by atoms with Crippen LogP contribution in [-0.4, -0.2) is 39.9 Å². The van der Waals surface area contributed by atoms with Crippen molar-refractivity contribution in [3.63, 3.8) is 0 Å². The van der Waals surface area contributed by atoms with Crippen LogP contribution in [0, 0.1) is 0 Å². The summed E-state index contributed by atoms with van der Waals surface area (Å²) in [5.74, 6) is -0.673. The monoisotopic (exact) mass is 285 g/mol. The average molecular weight is 285 g/mol. The predicted octanol–water partition coefficient (Wildman–Crippen LogP) is -0.0397. The molecule has 2 amide bonds. The average Bonchev–Trinajstić information content (AvgIpc) is 2.54. The molecular formula is C14H15N5O2. The van der Waals surface area contributed by atoms with E-state index in [4.69, 9.17) is 0 Å². The standard InChI is InChI=1S/C14H15N5O2/c20-13(18-6-3-11-1-4-15-5-2-11)10-19-14(21)12-9-16-7-8-17-12/h1-2,4-5,7-9H,3,6,10H2,(H,18,20)(H,19,21). The molecule has 0 aliphatic rings. The van der Waals surface area contributed by atoms with Crippen LogP contribution in [0.25, 0.3) is 0 Å². The maximum atomic E-state index is 11.6. The zero-order valence-electron chi connectivity index (χ0n) is 11.3. The van der Waals surface area contributed by atoms with Gasteiger partial charge in [0.15, 0.2) is 0 Å². The van der Waals surface area contributed by atoms with Gasteiger partial charge in [0.25, 0.3) is 5.91 Å². The van der Waals surface area contributed by atoms with E-state index in [1.165, 1.54) is 18.6 Å². The molecule has 0 radical (unpaired) electrons. The van der Waals surface area contributed by atoms with Gasteiger partial charge in [0.05, 0.1) is 12.7 Å². The van der Waals surface area contributed by atoms with Crippen molar-refractivity contribution in [2.45, 2.75) is 6.42 Å². The molecule has 21 heavy (non-hydrogen) atoms. The molecule has 0 unspecified atom stereocenters. The number of pyridine rings is 1. The Morgan fingerprint density at radius 3 is 2.52 bits per heavy atom. The van der Waals surface area contributed by atoms with Crippen molar-refractivity contribution in [2.75, 3.05) is 13.1 Å². The fourth-order valence-corrected chi connectivity index (χ4v) is 1.63. The fourth-order valence-electron chi connectivity index (χ4n) is 1.63. The second-order valence-electron chi connectivity index (χ2n) is 4.23. The molecule has 108 valence electrons. The van der Waals surface area contributed by atoms with Gasteiger partial charge in [-0.3, -0.25) is 19.6 Å². The van der Waals surface area contributed by atoms with Gasteiger partial charge in [-0.25, -0.2) is 4.98 Å². The third-order valence-corrected chi connectivity index (χ3v) is 2.69. The zero-order valence-corrected chi connectivity index (χ0v) is 11.3. The molecule has 2 rings (SSSR count). The van der Waals surface area contributed by atoms with Gasteiger partial charge in [0, 0.05) is 31.3 Å². The second-order valence-corrected chi connectivity index (χ2v) is 4.23. The lowest BCUT2D eigenvalue weighted by Gasteiger charge is -2.06. The van der Waals surface area contributed by atoms with Crippen LogP contribution < -0.4 is 10.6 Å². The van der Waals surface area contributed by atoms with Crippen molar-refractivity contribution < 1.29 is 9.59 Å². The Bertz CT molecular complexity index is 589. The molecule has 0 fully saturated rings. The van der Waals surface area contributed by atoms with Crippen LogP contribution in [0.4, 0.5) is 0 Å². The van der Waals surface area contributed by atoms with E-state index in [1.807, 2.05) is 12.1 Å². The maximum absolute atomic E-state index is 11.6. The SMILES string of the molecule is O=C(CNC(=O)c1cnccn1)NCCc1ccncc1. The van der Waals surface area contributed by atoms with Crippen molar-refractivity contribution in [2.24, 2.45) is 0 Å². The molecule has 2 heterocycles. The highest BCUT2D eigenvalue weighted by Crippen LogP contribution is 1.95. The van der Waals surface area contributed by atoms with Crippen LogP contribution in [0.5, 0.6) is 0 Å². The number of hydrogen-bond donors (Lipinski definition) is 2. The maximum Gasteiger partial charge on any atom is 0.271 e. The normalized spacial score (nSPS) is 9.90. The fraction of sp³-hybridized carbons (Fsp3) is 0.214. The summed E-state index contributed by atoms with van der Waals surface area (Å²) in [5, 5.41) is 5.21. The minimum Gasteiger partial charge on any atom is -0.354 e. The lowest BCUT2D eigenvalue weighted by atomic mass is 10.2. The number of carbonyl (C=O) groups excluding carboxylic acids is 2. The summed E-state index contributed by atoms with van der Waals surface area (Å²) in [4.78, 5) is 34.8. The van der Waals surface area contributed by atoms with E-state index in [0.29, 0.717) is 13.0 Å². The summed E-state index contributed by atoms with van der Waals surface area (Å²) in [5.41, 5.74) is 1.27. The van der Waals surface area contributed by atoms with Crippen molar-refractivity contribution >= 4 is 11.8 Å². The van der Waals surface area contributed by atoms with Gasteiger partial charge in [-0.2, -0.15) is 0 Å². The third kappa shape index (κ3) is 4.98. The summed E-state index contributed by atoms with van der Waals surface area (Å²) in [6, 6.07) is 3.78. The van der Waals surface area contributed by atoms with Gasteiger partial charge in [-0.15, -0.1) is 0 Å². The van der Waals surface area contributed by atoms with Crippen molar-refractivity contribution in [1.29, 1.82) is 0 Å². The Balaban J connectivity index is 1.67.